The standard InChI is InChI=1S/C33H26N14/c1-18-40-27-14-37-32-24(4-6-36-32)31(27)47(18)23-10-28(29-9-20(12-35)42-46(29)16-23)43-7-5-25-30-26(13-38-33(25)43)39-17-44(30)22-3-2-21-8-19(11-34)41-45(21)15-22/h4-9,13-14,17,22-23,28H,2-3,10,15-16H2,1H3,(H,36,37). The fourth-order valence-corrected chi connectivity index (χ4v) is 8.01. The van der Waals surface area contributed by atoms with Crippen molar-refractivity contribution < 1.29 is 0 Å². The van der Waals surface area contributed by atoms with Crippen LogP contribution in [0, 0.1) is 29.6 Å². The summed E-state index contributed by atoms with van der Waals surface area (Å²) < 4.78 is 10.7. The number of rotatable bonds is 3. The van der Waals surface area contributed by atoms with Crippen LogP contribution in [-0.4, -0.2) is 58.2 Å². The average molecular weight is 619 g/mol. The van der Waals surface area contributed by atoms with Gasteiger partial charge < -0.3 is 18.7 Å². The Kier molecular flexibility index (Phi) is 5.18. The summed E-state index contributed by atoms with van der Waals surface area (Å²) in [6, 6.07) is 12.4. The number of nitriles is 2. The Balaban J connectivity index is 1.10. The lowest BCUT2D eigenvalue weighted by molar-refractivity contribution is 0.290. The molecule has 8 aromatic heterocycles. The van der Waals surface area contributed by atoms with Crippen LogP contribution in [0.2, 0.25) is 0 Å². The fourth-order valence-electron chi connectivity index (χ4n) is 8.01. The molecule has 0 radical (unpaired) electrons. The third-order valence-electron chi connectivity index (χ3n) is 10.0. The van der Waals surface area contributed by atoms with E-state index in [4.69, 9.17) is 20.1 Å². The van der Waals surface area contributed by atoms with Crippen molar-refractivity contribution in [1.82, 2.24) is 58.2 Å². The fraction of sp³-hybridized carbons (Fsp3) is 0.273. The lowest BCUT2D eigenvalue weighted by atomic mass is 9.98. The highest BCUT2D eigenvalue weighted by atomic mass is 15.3. The molecule has 2 aliphatic rings. The number of fused-ring (bicyclic) bond motifs is 8. The van der Waals surface area contributed by atoms with E-state index in [9.17, 15) is 10.5 Å². The van der Waals surface area contributed by atoms with Crippen molar-refractivity contribution in [3.63, 3.8) is 0 Å². The maximum absolute atomic E-state index is 9.83. The maximum atomic E-state index is 9.83. The summed E-state index contributed by atoms with van der Waals surface area (Å²) in [5.74, 6) is 0.908. The molecule has 0 aromatic carbocycles. The van der Waals surface area contributed by atoms with Crippen molar-refractivity contribution in [2.45, 2.75) is 57.4 Å². The molecular weight excluding hydrogens is 592 g/mol. The molecule has 0 spiro atoms. The number of aromatic amines is 1. The number of nitrogens with zero attached hydrogens (tertiary/aromatic N) is 13. The maximum Gasteiger partial charge on any atom is 0.162 e. The van der Waals surface area contributed by atoms with Gasteiger partial charge in [-0.3, -0.25) is 9.36 Å². The minimum absolute atomic E-state index is 0.0139. The lowest BCUT2D eigenvalue weighted by Gasteiger charge is -2.33. The predicted molar refractivity (Wildman–Crippen MR) is 170 cm³/mol. The van der Waals surface area contributed by atoms with Crippen LogP contribution in [0.15, 0.2) is 55.4 Å². The normalized spacial score (nSPS) is 19.3. The average Bonchev–Trinajstić information content (AvgIpc) is 3.92. The summed E-state index contributed by atoms with van der Waals surface area (Å²) in [5, 5.41) is 30.4. The summed E-state index contributed by atoms with van der Waals surface area (Å²) in [5.41, 5.74) is 8.37. The molecule has 10 heterocycles. The first-order chi connectivity index (χ1) is 23.1. The Morgan fingerprint density at radius 2 is 1.70 bits per heavy atom. The zero-order valence-corrected chi connectivity index (χ0v) is 25.3. The van der Waals surface area contributed by atoms with E-state index in [0.717, 1.165) is 80.6 Å². The van der Waals surface area contributed by atoms with E-state index < -0.39 is 0 Å². The van der Waals surface area contributed by atoms with Crippen molar-refractivity contribution in [1.29, 1.82) is 10.5 Å². The second kappa shape index (κ2) is 9.37. The summed E-state index contributed by atoms with van der Waals surface area (Å²) in [6.45, 7) is 3.33. The van der Waals surface area contributed by atoms with E-state index in [2.05, 4.69) is 59.2 Å². The van der Waals surface area contributed by atoms with Crippen LogP contribution in [0.5, 0.6) is 0 Å². The predicted octanol–water partition coefficient (Wildman–Crippen LogP) is 4.48. The van der Waals surface area contributed by atoms with Gasteiger partial charge in [0.05, 0.1) is 66.7 Å². The van der Waals surface area contributed by atoms with Gasteiger partial charge in [-0.25, -0.2) is 19.9 Å². The van der Waals surface area contributed by atoms with Crippen LogP contribution in [-0.2, 0) is 19.5 Å². The van der Waals surface area contributed by atoms with Gasteiger partial charge in [-0.2, -0.15) is 20.7 Å². The van der Waals surface area contributed by atoms with E-state index >= 15 is 0 Å². The number of hydrogen-bond acceptors (Lipinski definition) is 8. The number of aromatic nitrogens is 12. The number of hydrogen-bond donors (Lipinski definition) is 1. The minimum atomic E-state index is -0.131. The number of pyridine rings is 2. The molecule has 3 atom stereocenters. The SMILES string of the molecule is Cc1nc2cnc3[nH]ccc3c2n1C1CC(n2ccc3c4c(cnc32)ncn4C2CCc3cc(C#N)nn3C2)c2cc(C#N)nn2C1. The Labute approximate surface area is 266 Å². The Morgan fingerprint density at radius 1 is 0.872 bits per heavy atom. The quantitative estimate of drug-likeness (QED) is 0.303. The molecule has 14 nitrogen and oxygen atoms in total. The lowest BCUT2D eigenvalue weighted by Crippen LogP contribution is -2.30. The molecule has 0 bridgehead atoms. The molecule has 2 aliphatic heterocycles. The Bertz CT molecular complexity index is 2640. The molecule has 0 saturated heterocycles. The zero-order chi connectivity index (χ0) is 31.4. The van der Waals surface area contributed by atoms with Gasteiger partial charge in [-0.1, -0.05) is 0 Å². The second-order valence-electron chi connectivity index (χ2n) is 12.5. The number of nitrogens with one attached hydrogen (secondary N) is 1. The number of H-pyrrole nitrogens is 1. The first-order valence-electron chi connectivity index (χ1n) is 15.7. The van der Waals surface area contributed by atoms with E-state index in [0.29, 0.717) is 24.5 Å². The van der Waals surface area contributed by atoms with Crippen LogP contribution in [0.1, 0.15) is 59.6 Å². The molecule has 0 amide bonds. The highest BCUT2D eigenvalue weighted by Gasteiger charge is 2.34. The summed E-state index contributed by atoms with van der Waals surface area (Å²) in [6.07, 6.45) is 12.1. The largest absolute Gasteiger partial charge is 0.346 e. The first kappa shape index (κ1) is 26.0. The smallest absolute Gasteiger partial charge is 0.162 e. The third kappa shape index (κ3) is 3.63. The number of aryl methyl sites for hydroxylation is 2. The second-order valence-corrected chi connectivity index (χ2v) is 12.5. The van der Waals surface area contributed by atoms with Crippen LogP contribution in [0.4, 0.5) is 0 Å². The summed E-state index contributed by atoms with van der Waals surface area (Å²) in [4.78, 5) is 22.4. The van der Waals surface area contributed by atoms with Crippen molar-refractivity contribution in [3.05, 3.63) is 84.0 Å². The van der Waals surface area contributed by atoms with Crippen LogP contribution in [0.3, 0.4) is 0 Å². The third-order valence-corrected chi connectivity index (χ3v) is 10.0. The molecule has 0 saturated carbocycles. The molecule has 1 N–H and O–H groups in total. The van der Waals surface area contributed by atoms with Gasteiger partial charge >= 0.3 is 0 Å². The molecule has 47 heavy (non-hydrogen) atoms. The monoisotopic (exact) mass is 618 g/mol. The van der Waals surface area contributed by atoms with Gasteiger partial charge in [0.15, 0.2) is 11.4 Å². The Morgan fingerprint density at radius 3 is 2.60 bits per heavy atom. The highest BCUT2D eigenvalue weighted by molar-refractivity contribution is 6.02. The molecule has 0 aliphatic carbocycles. The summed E-state index contributed by atoms with van der Waals surface area (Å²) >= 11 is 0. The molecule has 8 aromatic rings. The summed E-state index contributed by atoms with van der Waals surface area (Å²) in [7, 11) is 0. The van der Waals surface area contributed by atoms with E-state index in [-0.39, 0.29) is 18.1 Å². The molecule has 228 valence electrons. The molecule has 10 rings (SSSR count). The zero-order valence-electron chi connectivity index (χ0n) is 25.3. The van der Waals surface area contributed by atoms with E-state index in [1.165, 1.54) is 0 Å². The molecular formula is C33H26N14. The van der Waals surface area contributed by atoms with Crippen LogP contribution < -0.4 is 0 Å². The molecule has 0 fully saturated rings. The van der Waals surface area contributed by atoms with Crippen LogP contribution >= 0.6 is 0 Å². The van der Waals surface area contributed by atoms with Crippen molar-refractivity contribution in [3.8, 4) is 12.1 Å². The number of imidazole rings is 2. The topological polar surface area (TPSA) is 165 Å². The van der Waals surface area contributed by atoms with Gasteiger partial charge in [0.1, 0.15) is 40.3 Å². The van der Waals surface area contributed by atoms with Crippen LogP contribution in [0.25, 0.3) is 44.1 Å². The van der Waals surface area contributed by atoms with E-state index in [1.807, 2.05) is 53.3 Å². The molecule has 3 unspecified atom stereocenters. The van der Waals surface area contributed by atoms with Crippen molar-refractivity contribution in [2.24, 2.45) is 0 Å². The van der Waals surface area contributed by atoms with Gasteiger partial charge in [0.25, 0.3) is 0 Å². The van der Waals surface area contributed by atoms with Crippen molar-refractivity contribution in [2.75, 3.05) is 0 Å². The Hall–Kier alpha value is -6.28. The highest BCUT2D eigenvalue weighted by Crippen LogP contribution is 2.41. The van der Waals surface area contributed by atoms with Gasteiger partial charge in [0.2, 0.25) is 0 Å². The van der Waals surface area contributed by atoms with Crippen molar-refractivity contribution >= 4 is 44.1 Å². The van der Waals surface area contributed by atoms with Gasteiger partial charge in [-0.05, 0) is 50.5 Å². The molecule has 14 heteroatoms. The minimum Gasteiger partial charge on any atom is -0.346 e. The van der Waals surface area contributed by atoms with Gasteiger partial charge in [-0.15, -0.1) is 0 Å². The first-order valence-corrected chi connectivity index (χ1v) is 15.7. The van der Waals surface area contributed by atoms with E-state index in [1.54, 1.807) is 0 Å². The van der Waals surface area contributed by atoms with Gasteiger partial charge in [0, 0.05) is 28.9 Å².